The van der Waals surface area contributed by atoms with Crippen LogP contribution in [0, 0.1) is 0 Å². The maximum atomic E-state index is 10.7. The van der Waals surface area contributed by atoms with Crippen LogP contribution in [-0.2, 0) is 0 Å². The molecule has 0 spiro atoms. The molecule has 0 aromatic carbocycles. The van der Waals surface area contributed by atoms with E-state index in [4.69, 9.17) is 0 Å². The normalized spacial score (nSPS) is 10.3. The summed E-state index contributed by atoms with van der Waals surface area (Å²) in [4.78, 5) is 11.2. The van der Waals surface area contributed by atoms with Crippen molar-refractivity contribution in [2.24, 2.45) is 0 Å². The summed E-state index contributed by atoms with van der Waals surface area (Å²) in [5.41, 5.74) is 1.28. The summed E-state index contributed by atoms with van der Waals surface area (Å²) in [5.74, 6) is 0. The molecule has 1 heterocycles. The first kappa shape index (κ1) is 10.5. The van der Waals surface area contributed by atoms with Crippen LogP contribution in [0.3, 0.4) is 0 Å². The number of rotatable bonds is 4. The van der Waals surface area contributed by atoms with Crippen molar-refractivity contribution in [1.82, 2.24) is 0 Å². The Kier molecular flexibility index (Phi) is 3.42. The summed E-state index contributed by atoms with van der Waals surface area (Å²) in [6.07, 6.45) is 7.30. The summed E-state index contributed by atoms with van der Waals surface area (Å²) < 4.78 is 0. The van der Waals surface area contributed by atoms with Gasteiger partial charge in [-0.3, -0.25) is 4.79 Å². The van der Waals surface area contributed by atoms with Crippen molar-refractivity contribution in [2.45, 2.75) is 0 Å². The van der Waals surface area contributed by atoms with Gasteiger partial charge < -0.3 is 5.11 Å². The standard InChI is InChI=1S/C11H10O2S/c1-3-5-6-9-8(4-2)11(13)14-10(9)7-12/h3-7,13H,1-2H2. The van der Waals surface area contributed by atoms with Crippen molar-refractivity contribution < 1.29 is 9.90 Å². The number of allylic oxidation sites excluding steroid dienone is 2. The van der Waals surface area contributed by atoms with Gasteiger partial charge in [-0.2, -0.15) is 0 Å². The van der Waals surface area contributed by atoms with E-state index in [0.717, 1.165) is 17.6 Å². The van der Waals surface area contributed by atoms with Crippen molar-refractivity contribution in [3.63, 3.8) is 0 Å². The molecule has 0 aliphatic heterocycles. The van der Waals surface area contributed by atoms with Gasteiger partial charge in [-0.15, -0.1) is 0 Å². The Balaban J connectivity index is 3.33. The molecule has 0 atom stereocenters. The van der Waals surface area contributed by atoms with Gasteiger partial charge in [0.05, 0.1) is 4.88 Å². The van der Waals surface area contributed by atoms with Gasteiger partial charge in [-0.25, -0.2) is 0 Å². The lowest BCUT2D eigenvalue weighted by molar-refractivity contribution is 0.112. The molecule has 0 aliphatic rings. The highest BCUT2D eigenvalue weighted by atomic mass is 32.1. The lowest BCUT2D eigenvalue weighted by atomic mass is 10.1. The predicted molar refractivity (Wildman–Crippen MR) is 60.7 cm³/mol. The Morgan fingerprint density at radius 2 is 2.00 bits per heavy atom. The minimum Gasteiger partial charge on any atom is -0.499 e. The van der Waals surface area contributed by atoms with E-state index in [0.29, 0.717) is 16.0 Å². The first-order valence-corrected chi connectivity index (χ1v) is 4.78. The number of hydrogen-bond acceptors (Lipinski definition) is 3. The molecular weight excluding hydrogens is 196 g/mol. The van der Waals surface area contributed by atoms with Crippen LogP contribution in [0.25, 0.3) is 12.2 Å². The Morgan fingerprint density at radius 1 is 1.29 bits per heavy atom. The van der Waals surface area contributed by atoms with Gasteiger partial charge in [0.15, 0.2) is 11.3 Å². The Bertz CT molecular complexity index is 400. The van der Waals surface area contributed by atoms with Gasteiger partial charge in [-0.05, 0) is 0 Å². The molecule has 14 heavy (non-hydrogen) atoms. The number of carbonyl (C=O) groups is 1. The second-order valence-electron chi connectivity index (χ2n) is 2.52. The molecule has 0 unspecified atom stereocenters. The van der Waals surface area contributed by atoms with Gasteiger partial charge in [0, 0.05) is 11.1 Å². The summed E-state index contributed by atoms with van der Waals surface area (Å²) in [6, 6.07) is 0. The van der Waals surface area contributed by atoms with Crippen LogP contribution in [0.5, 0.6) is 5.06 Å². The van der Waals surface area contributed by atoms with Gasteiger partial charge in [0.2, 0.25) is 0 Å². The lowest BCUT2D eigenvalue weighted by Gasteiger charge is -1.92. The third kappa shape index (κ3) is 1.83. The first-order chi connectivity index (χ1) is 6.74. The highest BCUT2D eigenvalue weighted by molar-refractivity contribution is 7.16. The third-order valence-electron chi connectivity index (χ3n) is 1.70. The van der Waals surface area contributed by atoms with Crippen molar-refractivity contribution >= 4 is 29.8 Å². The smallest absolute Gasteiger partial charge is 0.179 e. The highest BCUT2D eigenvalue weighted by Crippen LogP contribution is 2.35. The number of aromatic hydroxyl groups is 1. The second kappa shape index (κ2) is 4.58. The summed E-state index contributed by atoms with van der Waals surface area (Å²) in [6.45, 7) is 7.11. The van der Waals surface area contributed by atoms with E-state index in [1.54, 1.807) is 18.2 Å². The fourth-order valence-electron chi connectivity index (χ4n) is 1.08. The van der Waals surface area contributed by atoms with Crippen LogP contribution < -0.4 is 0 Å². The maximum Gasteiger partial charge on any atom is 0.179 e. The van der Waals surface area contributed by atoms with Crippen LogP contribution in [0.4, 0.5) is 0 Å². The molecule has 0 saturated heterocycles. The number of thiophene rings is 1. The van der Waals surface area contributed by atoms with E-state index in [-0.39, 0.29) is 5.06 Å². The van der Waals surface area contributed by atoms with Crippen LogP contribution >= 0.6 is 11.3 Å². The average Bonchev–Trinajstić information content (AvgIpc) is 2.50. The molecule has 0 radical (unpaired) electrons. The zero-order valence-electron chi connectivity index (χ0n) is 7.56. The van der Waals surface area contributed by atoms with Crippen molar-refractivity contribution in [2.75, 3.05) is 0 Å². The van der Waals surface area contributed by atoms with E-state index >= 15 is 0 Å². The average molecular weight is 206 g/mol. The van der Waals surface area contributed by atoms with Crippen molar-refractivity contribution in [1.29, 1.82) is 0 Å². The summed E-state index contributed by atoms with van der Waals surface area (Å²) in [5, 5.41) is 9.59. The SMILES string of the molecule is C=CC=Cc1c(C=O)sc(O)c1C=C. The van der Waals surface area contributed by atoms with Gasteiger partial charge >= 0.3 is 0 Å². The fourth-order valence-corrected chi connectivity index (χ4v) is 1.93. The van der Waals surface area contributed by atoms with E-state index in [1.165, 1.54) is 6.08 Å². The molecule has 1 aromatic heterocycles. The molecule has 1 N–H and O–H groups in total. The topological polar surface area (TPSA) is 37.3 Å². The van der Waals surface area contributed by atoms with Crippen molar-refractivity contribution in [3.8, 4) is 5.06 Å². The molecule has 0 saturated carbocycles. The summed E-state index contributed by atoms with van der Waals surface area (Å²) >= 11 is 1.05. The highest BCUT2D eigenvalue weighted by Gasteiger charge is 2.12. The van der Waals surface area contributed by atoms with Gasteiger partial charge in [0.25, 0.3) is 0 Å². The van der Waals surface area contributed by atoms with Crippen molar-refractivity contribution in [3.05, 3.63) is 41.3 Å². The number of hydrogen-bond donors (Lipinski definition) is 1. The molecular formula is C11H10O2S. The molecule has 3 heteroatoms. The molecule has 1 rings (SSSR count). The fraction of sp³-hybridized carbons (Fsp3) is 0. The second-order valence-corrected chi connectivity index (χ2v) is 3.55. The number of aldehydes is 1. The molecule has 1 aromatic rings. The monoisotopic (exact) mass is 206 g/mol. The maximum absolute atomic E-state index is 10.7. The lowest BCUT2D eigenvalue weighted by Crippen LogP contribution is -1.79. The number of carbonyl (C=O) groups excluding carboxylic acids is 1. The molecule has 0 amide bonds. The third-order valence-corrected chi connectivity index (χ3v) is 2.65. The minimum atomic E-state index is 0.116. The van der Waals surface area contributed by atoms with Crippen LogP contribution in [0.15, 0.2) is 25.3 Å². The van der Waals surface area contributed by atoms with E-state index in [1.807, 2.05) is 0 Å². The zero-order valence-corrected chi connectivity index (χ0v) is 8.38. The Labute approximate surface area is 86.5 Å². The van der Waals surface area contributed by atoms with E-state index in [2.05, 4.69) is 13.2 Å². The van der Waals surface area contributed by atoms with Crippen LogP contribution in [0.2, 0.25) is 0 Å². The van der Waals surface area contributed by atoms with E-state index in [9.17, 15) is 9.90 Å². The largest absolute Gasteiger partial charge is 0.499 e. The molecule has 0 bridgehead atoms. The summed E-state index contributed by atoms with van der Waals surface area (Å²) in [7, 11) is 0. The first-order valence-electron chi connectivity index (χ1n) is 3.97. The van der Waals surface area contributed by atoms with Gasteiger partial charge in [0.1, 0.15) is 0 Å². The zero-order chi connectivity index (χ0) is 10.6. The van der Waals surface area contributed by atoms with Gasteiger partial charge in [-0.1, -0.05) is 48.8 Å². The van der Waals surface area contributed by atoms with E-state index < -0.39 is 0 Å². The minimum absolute atomic E-state index is 0.116. The van der Waals surface area contributed by atoms with Crippen LogP contribution in [-0.4, -0.2) is 11.4 Å². The molecule has 0 fully saturated rings. The molecule has 2 nitrogen and oxygen atoms in total. The predicted octanol–water partition coefficient (Wildman–Crippen LogP) is 3.11. The van der Waals surface area contributed by atoms with Crippen LogP contribution in [0.1, 0.15) is 20.8 Å². The Hall–Kier alpha value is -1.61. The Morgan fingerprint density at radius 3 is 2.50 bits per heavy atom. The quantitative estimate of drug-likeness (QED) is 0.607. The molecule has 72 valence electrons. The molecule has 0 aliphatic carbocycles.